The predicted molar refractivity (Wildman–Crippen MR) is 78.0 cm³/mol. The molecule has 1 saturated carbocycles. The minimum absolute atomic E-state index is 0.528. The summed E-state index contributed by atoms with van der Waals surface area (Å²) in [6.07, 6.45) is 4.23. The Balaban J connectivity index is 1.31. The van der Waals surface area contributed by atoms with Gasteiger partial charge in [0.1, 0.15) is 0 Å². The van der Waals surface area contributed by atoms with Crippen LogP contribution in [0, 0.1) is 0 Å². The van der Waals surface area contributed by atoms with Crippen LogP contribution in [0.4, 0.5) is 5.82 Å². The zero-order valence-corrected chi connectivity index (χ0v) is 12.1. The summed E-state index contributed by atoms with van der Waals surface area (Å²) < 4.78 is 5.15. The first kappa shape index (κ1) is 12.8. The molecule has 2 aliphatic rings. The van der Waals surface area contributed by atoms with E-state index in [1.54, 1.807) is 6.20 Å². The van der Waals surface area contributed by atoms with Gasteiger partial charge < -0.3 is 9.42 Å². The van der Waals surface area contributed by atoms with Crippen LogP contribution in [-0.4, -0.2) is 46.4 Å². The molecule has 0 atom stereocenters. The monoisotopic (exact) mass is 285 g/mol. The summed E-state index contributed by atoms with van der Waals surface area (Å²) >= 11 is 0. The van der Waals surface area contributed by atoms with E-state index in [1.165, 1.54) is 12.8 Å². The number of aromatic nitrogens is 3. The van der Waals surface area contributed by atoms with E-state index in [0.717, 1.165) is 36.9 Å². The van der Waals surface area contributed by atoms with Crippen molar-refractivity contribution in [3.05, 3.63) is 35.9 Å². The molecule has 0 unspecified atom stereocenters. The van der Waals surface area contributed by atoms with Crippen LogP contribution in [0.2, 0.25) is 0 Å². The molecule has 0 radical (unpaired) electrons. The van der Waals surface area contributed by atoms with Gasteiger partial charge in [0, 0.05) is 31.1 Å². The molecule has 1 aliphatic heterocycles. The first-order valence-electron chi connectivity index (χ1n) is 7.48. The van der Waals surface area contributed by atoms with E-state index in [2.05, 4.69) is 44.3 Å². The van der Waals surface area contributed by atoms with E-state index < -0.39 is 0 Å². The van der Waals surface area contributed by atoms with Gasteiger partial charge in [0.15, 0.2) is 11.6 Å². The van der Waals surface area contributed by atoms with Crippen molar-refractivity contribution in [3.8, 4) is 0 Å². The number of nitrogens with zero attached hydrogens (tertiary/aromatic N) is 5. The van der Waals surface area contributed by atoms with Crippen LogP contribution in [0.3, 0.4) is 0 Å². The minimum atomic E-state index is 0.528. The lowest BCUT2D eigenvalue weighted by Crippen LogP contribution is -2.58. The van der Waals surface area contributed by atoms with Crippen molar-refractivity contribution in [2.24, 2.45) is 0 Å². The molecular weight excluding hydrogens is 266 g/mol. The van der Waals surface area contributed by atoms with Crippen molar-refractivity contribution >= 4 is 5.82 Å². The molecule has 4 rings (SSSR count). The van der Waals surface area contributed by atoms with Gasteiger partial charge in [0.2, 0.25) is 0 Å². The topological polar surface area (TPSA) is 58.3 Å². The molecular formula is C15H19N5O. The Hall–Kier alpha value is -1.95. The maximum absolute atomic E-state index is 5.15. The second-order valence-electron chi connectivity index (χ2n) is 6.04. The Labute approximate surface area is 123 Å². The maximum atomic E-state index is 5.15. The van der Waals surface area contributed by atoms with Gasteiger partial charge in [-0.2, -0.15) is 5.10 Å². The SMILES string of the molecule is CN(Cc1ccno1)C1CN(c2ccc(C3CC3)nn2)C1. The number of hydrogen-bond acceptors (Lipinski definition) is 6. The lowest BCUT2D eigenvalue weighted by atomic mass is 10.1. The van der Waals surface area contributed by atoms with Crippen LogP contribution in [0.5, 0.6) is 0 Å². The highest BCUT2D eigenvalue weighted by molar-refractivity contribution is 5.42. The highest BCUT2D eigenvalue weighted by atomic mass is 16.5. The van der Waals surface area contributed by atoms with Gasteiger partial charge in [-0.25, -0.2) is 0 Å². The molecule has 0 spiro atoms. The molecule has 0 bridgehead atoms. The third-order valence-corrected chi connectivity index (χ3v) is 4.37. The third-order valence-electron chi connectivity index (χ3n) is 4.37. The molecule has 2 aromatic heterocycles. The molecule has 110 valence electrons. The van der Waals surface area contributed by atoms with Gasteiger partial charge in [-0.1, -0.05) is 5.16 Å². The van der Waals surface area contributed by atoms with Crippen molar-refractivity contribution < 1.29 is 4.52 Å². The van der Waals surface area contributed by atoms with Gasteiger partial charge in [0.05, 0.1) is 18.4 Å². The standard InChI is InChI=1S/C15H19N5O/c1-19(10-13-6-7-16-21-13)12-8-20(9-12)15-5-4-14(17-18-15)11-2-3-11/h4-7,11-12H,2-3,8-10H2,1H3. The Morgan fingerprint density at radius 2 is 2.10 bits per heavy atom. The van der Waals surface area contributed by atoms with Gasteiger partial charge in [-0.15, -0.1) is 5.10 Å². The Morgan fingerprint density at radius 3 is 2.71 bits per heavy atom. The molecule has 0 amide bonds. The molecule has 6 heteroatoms. The van der Waals surface area contributed by atoms with Crippen molar-refractivity contribution in [2.75, 3.05) is 25.0 Å². The molecule has 0 aromatic carbocycles. The summed E-state index contributed by atoms with van der Waals surface area (Å²) in [6, 6.07) is 6.67. The fourth-order valence-corrected chi connectivity index (χ4v) is 2.72. The molecule has 2 aromatic rings. The van der Waals surface area contributed by atoms with E-state index in [0.29, 0.717) is 12.0 Å². The average molecular weight is 285 g/mol. The van der Waals surface area contributed by atoms with E-state index in [-0.39, 0.29) is 0 Å². The Bertz CT molecular complexity index is 587. The summed E-state index contributed by atoms with van der Waals surface area (Å²) in [5.74, 6) is 2.57. The molecule has 0 N–H and O–H groups in total. The van der Waals surface area contributed by atoms with Crippen LogP contribution >= 0.6 is 0 Å². The summed E-state index contributed by atoms with van der Waals surface area (Å²) in [5.41, 5.74) is 1.15. The smallest absolute Gasteiger partial charge is 0.151 e. The maximum Gasteiger partial charge on any atom is 0.151 e. The van der Waals surface area contributed by atoms with Gasteiger partial charge in [-0.05, 0) is 32.0 Å². The van der Waals surface area contributed by atoms with Crippen LogP contribution in [0.1, 0.15) is 30.2 Å². The second kappa shape index (κ2) is 5.11. The number of hydrogen-bond donors (Lipinski definition) is 0. The summed E-state index contributed by atoms with van der Waals surface area (Å²) in [7, 11) is 2.12. The van der Waals surface area contributed by atoms with Crippen molar-refractivity contribution in [1.29, 1.82) is 0 Å². The van der Waals surface area contributed by atoms with Crippen LogP contribution in [0.25, 0.3) is 0 Å². The van der Waals surface area contributed by atoms with Gasteiger partial charge in [-0.3, -0.25) is 4.90 Å². The Kier molecular flexibility index (Phi) is 3.11. The number of anilines is 1. The van der Waals surface area contributed by atoms with E-state index in [1.807, 2.05) is 6.07 Å². The first-order valence-corrected chi connectivity index (χ1v) is 7.48. The highest BCUT2D eigenvalue weighted by Gasteiger charge is 2.32. The molecule has 2 fully saturated rings. The zero-order valence-electron chi connectivity index (χ0n) is 12.1. The summed E-state index contributed by atoms with van der Waals surface area (Å²) in [4.78, 5) is 4.56. The molecule has 3 heterocycles. The molecule has 1 saturated heterocycles. The zero-order chi connectivity index (χ0) is 14.2. The van der Waals surface area contributed by atoms with E-state index in [4.69, 9.17) is 4.52 Å². The molecule has 21 heavy (non-hydrogen) atoms. The van der Waals surface area contributed by atoms with Crippen LogP contribution in [-0.2, 0) is 6.54 Å². The second-order valence-corrected chi connectivity index (χ2v) is 6.04. The van der Waals surface area contributed by atoms with Crippen LogP contribution < -0.4 is 4.90 Å². The van der Waals surface area contributed by atoms with Crippen molar-refractivity contribution in [3.63, 3.8) is 0 Å². The predicted octanol–water partition coefficient (Wildman–Crippen LogP) is 1.66. The third kappa shape index (κ3) is 2.63. The fraction of sp³-hybridized carbons (Fsp3) is 0.533. The van der Waals surface area contributed by atoms with Gasteiger partial charge in [0.25, 0.3) is 0 Å². The van der Waals surface area contributed by atoms with Crippen LogP contribution in [0.15, 0.2) is 28.9 Å². The van der Waals surface area contributed by atoms with E-state index in [9.17, 15) is 0 Å². The van der Waals surface area contributed by atoms with Crippen molar-refractivity contribution in [1.82, 2.24) is 20.3 Å². The van der Waals surface area contributed by atoms with Crippen molar-refractivity contribution in [2.45, 2.75) is 31.3 Å². The first-order chi connectivity index (χ1) is 10.3. The Morgan fingerprint density at radius 1 is 1.24 bits per heavy atom. The van der Waals surface area contributed by atoms with Gasteiger partial charge >= 0.3 is 0 Å². The fourth-order valence-electron chi connectivity index (χ4n) is 2.72. The summed E-state index contributed by atoms with van der Waals surface area (Å²) in [6.45, 7) is 2.77. The number of likely N-dealkylation sites (N-methyl/N-ethyl adjacent to an activating group) is 1. The average Bonchev–Trinajstić information content (AvgIpc) is 3.17. The minimum Gasteiger partial charge on any atom is -0.360 e. The quantitative estimate of drug-likeness (QED) is 0.833. The summed E-state index contributed by atoms with van der Waals surface area (Å²) in [5, 5.41) is 12.4. The molecule has 1 aliphatic carbocycles. The highest BCUT2D eigenvalue weighted by Crippen LogP contribution is 2.38. The lowest BCUT2D eigenvalue weighted by molar-refractivity contribution is 0.177. The normalized spacial score (nSPS) is 19.0. The number of rotatable bonds is 5. The lowest BCUT2D eigenvalue weighted by Gasteiger charge is -2.44. The molecule has 6 nitrogen and oxygen atoms in total. The van der Waals surface area contributed by atoms with E-state index >= 15 is 0 Å². The largest absolute Gasteiger partial charge is 0.360 e.